The van der Waals surface area contributed by atoms with Crippen LogP contribution in [0.2, 0.25) is 0 Å². The summed E-state index contributed by atoms with van der Waals surface area (Å²) in [4.78, 5) is 12.1. The Bertz CT molecular complexity index is 756. The molecule has 0 fully saturated rings. The SMILES string of the molecule is COc1cc(C(=O)N/N=C\c2cc(I)c(O)c(I)c2)ccc1I. The normalized spacial score (nSPS) is 10.8. The summed E-state index contributed by atoms with van der Waals surface area (Å²) in [7, 11) is 1.56. The lowest BCUT2D eigenvalue weighted by Crippen LogP contribution is -2.17. The fourth-order valence-corrected chi connectivity index (χ4v) is 4.06. The number of rotatable bonds is 4. The predicted octanol–water partition coefficient (Wildman–Crippen LogP) is 3.98. The highest BCUT2D eigenvalue weighted by molar-refractivity contribution is 14.1. The van der Waals surface area contributed by atoms with Crippen LogP contribution in [0.5, 0.6) is 11.5 Å². The van der Waals surface area contributed by atoms with Crippen LogP contribution in [0.1, 0.15) is 15.9 Å². The van der Waals surface area contributed by atoms with Gasteiger partial charge < -0.3 is 9.84 Å². The molecule has 2 N–H and O–H groups in total. The number of hydrazone groups is 1. The molecule has 2 rings (SSSR count). The number of phenols is 1. The molecule has 2 aromatic rings. The van der Waals surface area contributed by atoms with Crippen LogP contribution in [-0.2, 0) is 0 Å². The second-order valence-electron chi connectivity index (χ2n) is 4.38. The van der Waals surface area contributed by atoms with E-state index in [4.69, 9.17) is 4.74 Å². The first-order valence-corrected chi connectivity index (χ1v) is 9.51. The van der Waals surface area contributed by atoms with Crippen LogP contribution in [0.4, 0.5) is 0 Å². The van der Waals surface area contributed by atoms with E-state index in [0.717, 1.165) is 16.3 Å². The van der Waals surface area contributed by atoms with Gasteiger partial charge in [-0.1, -0.05) is 0 Å². The van der Waals surface area contributed by atoms with Crippen molar-refractivity contribution in [3.8, 4) is 11.5 Å². The summed E-state index contributed by atoms with van der Waals surface area (Å²) in [5, 5.41) is 13.7. The van der Waals surface area contributed by atoms with Gasteiger partial charge in [0.05, 0.1) is 24.0 Å². The monoisotopic (exact) mass is 648 g/mol. The maximum Gasteiger partial charge on any atom is 0.271 e. The van der Waals surface area contributed by atoms with Crippen molar-refractivity contribution in [2.45, 2.75) is 0 Å². The molecule has 0 aliphatic heterocycles. The second kappa shape index (κ2) is 8.46. The number of phenolic OH excluding ortho intramolecular Hbond substituents is 1. The Hall–Kier alpha value is -0.630. The molecule has 0 atom stereocenters. The first-order valence-electron chi connectivity index (χ1n) is 6.27. The topological polar surface area (TPSA) is 70.9 Å². The maximum atomic E-state index is 12.1. The smallest absolute Gasteiger partial charge is 0.271 e. The molecule has 0 saturated carbocycles. The van der Waals surface area contributed by atoms with Crippen LogP contribution in [0, 0.1) is 10.7 Å². The summed E-state index contributed by atoms with van der Waals surface area (Å²) >= 11 is 6.22. The van der Waals surface area contributed by atoms with Gasteiger partial charge >= 0.3 is 0 Å². The van der Waals surface area contributed by atoms with Crippen LogP contribution in [0.25, 0.3) is 0 Å². The highest BCUT2D eigenvalue weighted by Crippen LogP contribution is 2.26. The van der Waals surface area contributed by atoms with E-state index in [9.17, 15) is 9.90 Å². The van der Waals surface area contributed by atoms with Crippen LogP contribution in [0.3, 0.4) is 0 Å². The standard InChI is InChI=1S/C15H11I3N2O3/c1-23-13-6-9(2-3-10(13)16)15(22)20-19-7-8-4-11(17)14(21)12(18)5-8/h2-7,21H,1H3,(H,20,22)/b19-7-. The number of carbonyl (C=O) groups excluding carboxylic acids is 1. The van der Waals surface area contributed by atoms with Crippen LogP contribution in [-0.4, -0.2) is 24.3 Å². The fraction of sp³-hybridized carbons (Fsp3) is 0.0667. The average molecular weight is 648 g/mol. The Morgan fingerprint density at radius 3 is 2.43 bits per heavy atom. The molecule has 0 spiro atoms. The summed E-state index contributed by atoms with van der Waals surface area (Å²) < 4.78 is 7.58. The Labute approximate surface area is 174 Å². The van der Waals surface area contributed by atoms with E-state index in [1.807, 2.05) is 51.2 Å². The quantitative estimate of drug-likeness (QED) is 0.300. The lowest BCUT2D eigenvalue weighted by Gasteiger charge is -2.06. The van der Waals surface area contributed by atoms with E-state index in [1.165, 1.54) is 6.21 Å². The molecule has 8 heteroatoms. The van der Waals surface area contributed by atoms with Crippen molar-refractivity contribution in [3.05, 3.63) is 52.2 Å². The number of nitrogens with one attached hydrogen (secondary N) is 1. The molecule has 120 valence electrons. The number of amides is 1. The molecule has 1 amide bonds. The highest BCUT2D eigenvalue weighted by atomic mass is 127. The van der Waals surface area contributed by atoms with E-state index >= 15 is 0 Å². The largest absolute Gasteiger partial charge is 0.506 e. The number of hydrogen-bond donors (Lipinski definition) is 2. The summed E-state index contributed by atoms with van der Waals surface area (Å²) in [5.74, 6) is 0.572. The summed E-state index contributed by atoms with van der Waals surface area (Å²) in [5.41, 5.74) is 3.73. The second-order valence-corrected chi connectivity index (χ2v) is 7.87. The number of methoxy groups -OCH3 is 1. The van der Waals surface area contributed by atoms with Gasteiger partial charge in [0, 0.05) is 5.56 Å². The maximum absolute atomic E-state index is 12.1. The molecule has 2 aromatic carbocycles. The number of benzene rings is 2. The van der Waals surface area contributed by atoms with Crippen molar-refractivity contribution < 1.29 is 14.6 Å². The third-order valence-corrected chi connectivity index (χ3v) is 5.37. The molecule has 0 saturated heterocycles. The number of ether oxygens (including phenoxy) is 1. The Balaban J connectivity index is 2.10. The van der Waals surface area contributed by atoms with Gasteiger partial charge in [-0.15, -0.1) is 0 Å². The minimum Gasteiger partial charge on any atom is -0.506 e. The summed E-state index contributed by atoms with van der Waals surface area (Å²) in [6, 6.07) is 8.74. The van der Waals surface area contributed by atoms with Gasteiger partial charge in [0.2, 0.25) is 0 Å². The minimum absolute atomic E-state index is 0.248. The molecule has 0 bridgehead atoms. The van der Waals surface area contributed by atoms with Crippen molar-refractivity contribution in [3.63, 3.8) is 0 Å². The summed E-state index contributed by atoms with van der Waals surface area (Å²) in [6.07, 6.45) is 1.53. The third-order valence-electron chi connectivity index (χ3n) is 2.83. The highest BCUT2D eigenvalue weighted by Gasteiger charge is 2.08. The number of halogens is 3. The molecular weight excluding hydrogens is 637 g/mol. The van der Waals surface area contributed by atoms with Gasteiger partial charge in [0.15, 0.2) is 0 Å². The van der Waals surface area contributed by atoms with Crippen LogP contribution >= 0.6 is 67.8 Å². The van der Waals surface area contributed by atoms with Gasteiger partial charge in [-0.2, -0.15) is 5.10 Å². The lowest BCUT2D eigenvalue weighted by molar-refractivity contribution is 0.0954. The van der Waals surface area contributed by atoms with E-state index in [2.05, 4.69) is 33.1 Å². The molecule has 0 aliphatic rings. The zero-order chi connectivity index (χ0) is 17.0. The molecule has 0 unspecified atom stereocenters. The Kier molecular flexibility index (Phi) is 6.88. The van der Waals surface area contributed by atoms with E-state index in [-0.39, 0.29) is 11.7 Å². The van der Waals surface area contributed by atoms with Crippen LogP contribution < -0.4 is 10.2 Å². The van der Waals surface area contributed by atoms with Crippen molar-refractivity contribution in [1.82, 2.24) is 5.43 Å². The average Bonchev–Trinajstić information content (AvgIpc) is 2.52. The van der Waals surface area contributed by atoms with Gasteiger partial charge in [-0.05, 0) is 104 Å². The van der Waals surface area contributed by atoms with Gasteiger partial charge in [-0.3, -0.25) is 4.79 Å². The van der Waals surface area contributed by atoms with Gasteiger partial charge in [0.1, 0.15) is 11.5 Å². The minimum atomic E-state index is -0.320. The van der Waals surface area contributed by atoms with Crippen LogP contribution in [0.15, 0.2) is 35.4 Å². The van der Waals surface area contributed by atoms with Gasteiger partial charge in [0.25, 0.3) is 5.91 Å². The van der Waals surface area contributed by atoms with E-state index in [1.54, 1.807) is 31.4 Å². The van der Waals surface area contributed by atoms with Crippen molar-refractivity contribution in [1.29, 1.82) is 0 Å². The zero-order valence-electron chi connectivity index (χ0n) is 11.8. The Morgan fingerprint density at radius 1 is 1.17 bits per heavy atom. The van der Waals surface area contributed by atoms with Gasteiger partial charge in [-0.25, -0.2) is 5.43 Å². The Morgan fingerprint density at radius 2 is 1.83 bits per heavy atom. The number of carbonyl (C=O) groups is 1. The molecule has 0 radical (unpaired) electrons. The third kappa shape index (κ3) is 4.92. The van der Waals surface area contributed by atoms with Crippen molar-refractivity contribution in [2.75, 3.05) is 7.11 Å². The van der Waals surface area contributed by atoms with E-state index < -0.39 is 0 Å². The number of hydrogen-bond acceptors (Lipinski definition) is 4. The first-order chi connectivity index (χ1) is 10.9. The molecule has 23 heavy (non-hydrogen) atoms. The number of aromatic hydroxyl groups is 1. The molecule has 0 heterocycles. The fourth-order valence-electron chi connectivity index (χ4n) is 1.69. The summed E-state index contributed by atoms with van der Waals surface area (Å²) in [6.45, 7) is 0. The molecule has 5 nitrogen and oxygen atoms in total. The predicted molar refractivity (Wildman–Crippen MR) is 114 cm³/mol. The van der Waals surface area contributed by atoms with Crippen molar-refractivity contribution >= 4 is 79.9 Å². The first kappa shape index (κ1) is 18.7. The van der Waals surface area contributed by atoms with E-state index in [0.29, 0.717) is 11.3 Å². The number of nitrogens with zero attached hydrogens (tertiary/aromatic N) is 1. The molecule has 0 aliphatic carbocycles. The zero-order valence-corrected chi connectivity index (χ0v) is 18.3. The lowest BCUT2D eigenvalue weighted by atomic mass is 10.2. The van der Waals surface area contributed by atoms with Crippen molar-refractivity contribution in [2.24, 2.45) is 5.10 Å². The molecule has 0 aromatic heterocycles. The molecular formula is C15H11I3N2O3.